The van der Waals surface area contributed by atoms with Gasteiger partial charge in [-0.1, -0.05) is 0 Å². The molecule has 110 valence electrons. The Labute approximate surface area is 115 Å². The predicted octanol–water partition coefficient (Wildman–Crippen LogP) is 1.62. The van der Waals surface area contributed by atoms with Crippen molar-refractivity contribution >= 4 is 6.09 Å². The molecule has 2 aliphatic heterocycles. The highest BCUT2D eigenvalue weighted by atomic mass is 16.5. The highest BCUT2D eigenvalue weighted by molar-refractivity contribution is 5.67. The summed E-state index contributed by atoms with van der Waals surface area (Å²) >= 11 is 0. The molecule has 1 N–H and O–H groups in total. The molecule has 0 bridgehead atoms. The SMILES string of the molecule is COC(=O)N1CCC(N[C@H](C)[C@H]2CCCOC2)CC1. The van der Waals surface area contributed by atoms with Crippen LogP contribution >= 0.6 is 0 Å². The highest BCUT2D eigenvalue weighted by Gasteiger charge is 2.27. The third kappa shape index (κ3) is 4.08. The molecule has 0 spiro atoms. The summed E-state index contributed by atoms with van der Waals surface area (Å²) in [5, 5.41) is 3.71. The lowest BCUT2D eigenvalue weighted by Crippen LogP contribution is -2.49. The normalized spacial score (nSPS) is 27.1. The van der Waals surface area contributed by atoms with Gasteiger partial charge >= 0.3 is 6.09 Å². The second kappa shape index (κ2) is 7.10. The smallest absolute Gasteiger partial charge is 0.409 e. The van der Waals surface area contributed by atoms with Gasteiger partial charge in [-0.05, 0) is 38.5 Å². The van der Waals surface area contributed by atoms with Crippen LogP contribution in [0.2, 0.25) is 0 Å². The van der Waals surface area contributed by atoms with Crippen LogP contribution in [0.15, 0.2) is 0 Å². The number of hydrogen-bond donors (Lipinski definition) is 1. The van der Waals surface area contributed by atoms with Crippen LogP contribution in [0.3, 0.4) is 0 Å². The Kier molecular flexibility index (Phi) is 5.45. The molecule has 0 unspecified atom stereocenters. The molecule has 2 rings (SSSR count). The fraction of sp³-hybridized carbons (Fsp3) is 0.929. The first-order valence-corrected chi connectivity index (χ1v) is 7.37. The topological polar surface area (TPSA) is 50.8 Å². The molecule has 5 heteroatoms. The van der Waals surface area contributed by atoms with Gasteiger partial charge in [-0.25, -0.2) is 4.79 Å². The number of piperidine rings is 1. The number of hydrogen-bond acceptors (Lipinski definition) is 4. The Hall–Kier alpha value is -0.810. The van der Waals surface area contributed by atoms with E-state index in [1.54, 1.807) is 4.90 Å². The lowest BCUT2D eigenvalue weighted by atomic mass is 9.93. The third-order valence-electron chi connectivity index (χ3n) is 4.33. The minimum atomic E-state index is -0.202. The van der Waals surface area contributed by atoms with Crippen LogP contribution in [-0.4, -0.2) is 56.5 Å². The number of methoxy groups -OCH3 is 1. The minimum Gasteiger partial charge on any atom is -0.453 e. The molecule has 2 saturated heterocycles. The Balaban J connectivity index is 1.71. The fourth-order valence-electron chi connectivity index (χ4n) is 3.03. The standard InChI is InChI=1S/C14H26N2O3/c1-11(12-4-3-9-19-10-12)15-13-5-7-16(8-6-13)14(17)18-2/h11-13,15H,3-10H2,1-2H3/t11-,12+/m1/s1. The first-order chi connectivity index (χ1) is 9.20. The molecule has 0 saturated carbocycles. The average Bonchev–Trinajstić information content (AvgIpc) is 2.48. The Morgan fingerprint density at radius 3 is 2.68 bits per heavy atom. The van der Waals surface area contributed by atoms with Gasteiger partial charge < -0.3 is 19.7 Å². The zero-order valence-electron chi connectivity index (χ0n) is 12.1. The summed E-state index contributed by atoms with van der Waals surface area (Å²) in [5.74, 6) is 0.632. The van der Waals surface area contributed by atoms with Crippen molar-refractivity contribution in [2.45, 2.75) is 44.7 Å². The molecular weight excluding hydrogens is 244 g/mol. The predicted molar refractivity (Wildman–Crippen MR) is 73.1 cm³/mol. The van der Waals surface area contributed by atoms with Crippen molar-refractivity contribution < 1.29 is 14.3 Å². The summed E-state index contributed by atoms with van der Waals surface area (Å²) < 4.78 is 10.3. The number of likely N-dealkylation sites (tertiary alicyclic amines) is 1. The molecule has 0 aromatic heterocycles. The maximum absolute atomic E-state index is 11.4. The van der Waals surface area contributed by atoms with Crippen molar-refractivity contribution in [1.29, 1.82) is 0 Å². The van der Waals surface area contributed by atoms with Gasteiger partial charge in [0, 0.05) is 31.8 Å². The van der Waals surface area contributed by atoms with Crippen molar-refractivity contribution in [3.05, 3.63) is 0 Å². The van der Waals surface area contributed by atoms with Gasteiger partial charge in [-0.3, -0.25) is 0 Å². The van der Waals surface area contributed by atoms with Gasteiger partial charge in [0.25, 0.3) is 0 Å². The average molecular weight is 270 g/mol. The highest BCUT2D eigenvalue weighted by Crippen LogP contribution is 2.19. The van der Waals surface area contributed by atoms with Gasteiger partial charge in [0.2, 0.25) is 0 Å². The van der Waals surface area contributed by atoms with Crippen LogP contribution in [0, 0.1) is 5.92 Å². The van der Waals surface area contributed by atoms with Crippen molar-refractivity contribution in [3.63, 3.8) is 0 Å². The van der Waals surface area contributed by atoms with E-state index in [9.17, 15) is 4.79 Å². The quantitative estimate of drug-likeness (QED) is 0.846. The molecule has 1 amide bonds. The fourth-order valence-corrected chi connectivity index (χ4v) is 3.03. The zero-order valence-corrected chi connectivity index (χ0v) is 12.1. The van der Waals surface area contributed by atoms with Crippen molar-refractivity contribution in [3.8, 4) is 0 Å². The van der Waals surface area contributed by atoms with E-state index in [1.807, 2.05) is 0 Å². The maximum atomic E-state index is 11.4. The number of carbonyl (C=O) groups excluding carboxylic acids is 1. The zero-order chi connectivity index (χ0) is 13.7. The summed E-state index contributed by atoms with van der Waals surface area (Å²) in [7, 11) is 1.44. The summed E-state index contributed by atoms with van der Waals surface area (Å²) in [6.07, 6.45) is 4.25. The van der Waals surface area contributed by atoms with E-state index in [1.165, 1.54) is 20.0 Å². The lowest BCUT2D eigenvalue weighted by molar-refractivity contribution is 0.0381. The third-order valence-corrected chi connectivity index (χ3v) is 4.33. The van der Waals surface area contributed by atoms with Crippen LogP contribution in [0.1, 0.15) is 32.6 Å². The summed E-state index contributed by atoms with van der Waals surface area (Å²) in [5.41, 5.74) is 0. The van der Waals surface area contributed by atoms with Gasteiger partial charge in [-0.15, -0.1) is 0 Å². The molecule has 0 aromatic rings. The number of nitrogens with zero attached hydrogens (tertiary/aromatic N) is 1. The van der Waals surface area contributed by atoms with E-state index in [0.29, 0.717) is 18.0 Å². The van der Waals surface area contributed by atoms with Crippen LogP contribution in [0.4, 0.5) is 4.79 Å². The van der Waals surface area contributed by atoms with Crippen molar-refractivity contribution in [2.24, 2.45) is 5.92 Å². The minimum absolute atomic E-state index is 0.202. The van der Waals surface area contributed by atoms with Gasteiger partial charge in [0.1, 0.15) is 0 Å². The molecule has 19 heavy (non-hydrogen) atoms. The monoisotopic (exact) mass is 270 g/mol. The van der Waals surface area contributed by atoms with E-state index in [-0.39, 0.29) is 6.09 Å². The van der Waals surface area contributed by atoms with Crippen LogP contribution < -0.4 is 5.32 Å². The van der Waals surface area contributed by atoms with E-state index < -0.39 is 0 Å². The molecule has 2 heterocycles. The molecule has 2 aliphatic rings. The van der Waals surface area contributed by atoms with E-state index >= 15 is 0 Å². The molecule has 0 radical (unpaired) electrons. The number of carbonyl (C=O) groups is 1. The number of amides is 1. The summed E-state index contributed by atoms with van der Waals surface area (Å²) in [4.78, 5) is 13.2. The molecule has 0 aromatic carbocycles. The molecule has 2 fully saturated rings. The second-order valence-electron chi connectivity index (χ2n) is 5.66. The Morgan fingerprint density at radius 2 is 2.11 bits per heavy atom. The van der Waals surface area contributed by atoms with Crippen LogP contribution in [-0.2, 0) is 9.47 Å². The Bertz CT molecular complexity index is 284. The number of nitrogens with one attached hydrogen (secondary N) is 1. The van der Waals surface area contributed by atoms with E-state index in [2.05, 4.69) is 12.2 Å². The Morgan fingerprint density at radius 1 is 1.37 bits per heavy atom. The van der Waals surface area contributed by atoms with Crippen LogP contribution in [0.25, 0.3) is 0 Å². The first kappa shape index (κ1) is 14.6. The van der Waals surface area contributed by atoms with Gasteiger partial charge in [-0.2, -0.15) is 0 Å². The van der Waals surface area contributed by atoms with E-state index in [4.69, 9.17) is 9.47 Å². The molecule has 2 atom stereocenters. The molecule has 0 aliphatic carbocycles. The number of rotatable bonds is 3. The number of ether oxygens (including phenoxy) is 2. The van der Waals surface area contributed by atoms with Gasteiger partial charge in [0.15, 0.2) is 0 Å². The van der Waals surface area contributed by atoms with Gasteiger partial charge in [0.05, 0.1) is 13.7 Å². The van der Waals surface area contributed by atoms with Crippen LogP contribution in [0.5, 0.6) is 0 Å². The summed E-state index contributed by atoms with van der Waals surface area (Å²) in [6, 6.07) is 1.01. The molecular formula is C14H26N2O3. The van der Waals surface area contributed by atoms with E-state index in [0.717, 1.165) is 39.1 Å². The largest absolute Gasteiger partial charge is 0.453 e. The lowest BCUT2D eigenvalue weighted by Gasteiger charge is -2.36. The first-order valence-electron chi connectivity index (χ1n) is 7.37. The van der Waals surface area contributed by atoms with Crippen molar-refractivity contribution in [1.82, 2.24) is 10.2 Å². The molecule has 5 nitrogen and oxygen atoms in total. The van der Waals surface area contributed by atoms with Crippen molar-refractivity contribution in [2.75, 3.05) is 33.4 Å². The maximum Gasteiger partial charge on any atom is 0.409 e. The second-order valence-corrected chi connectivity index (χ2v) is 5.66. The summed E-state index contributed by atoms with van der Waals surface area (Å²) in [6.45, 7) is 5.64.